The molecule has 6 heteroatoms. The van der Waals surface area contributed by atoms with Crippen molar-refractivity contribution in [3.63, 3.8) is 0 Å². The molecule has 1 fully saturated rings. The lowest BCUT2D eigenvalue weighted by atomic mass is 10.1. The normalized spacial score (nSPS) is 15.0. The first-order chi connectivity index (χ1) is 11.9. The molecule has 0 aliphatic heterocycles. The number of carbonyl (C=O) groups is 1. The molecule has 3 rings (SSSR count). The van der Waals surface area contributed by atoms with Crippen LogP contribution in [0, 0.1) is 19.7 Å². The predicted molar refractivity (Wildman–Crippen MR) is 91.5 cm³/mol. The number of amides is 2. The minimum atomic E-state index is -0.843. The molecule has 2 N–H and O–H groups in total. The van der Waals surface area contributed by atoms with Gasteiger partial charge in [-0.25, -0.2) is 9.18 Å². The van der Waals surface area contributed by atoms with Crippen LogP contribution in [-0.2, 0) is 6.54 Å². The number of nitrogens with zero attached hydrogens (tertiary/aromatic N) is 1. The van der Waals surface area contributed by atoms with Gasteiger partial charge in [-0.1, -0.05) is 12.1 Å². The zero-order chi connectivity index (χ0) is 18.0. The third kappa shape index (κ3) is 4.39. The maximum Gasteiger partial charge on any atom is 0.318 e. The number of furan rings is 1. The molecule has 2 amide bonds. The number of urea groups is 1. The van der Waals surface area contributed by atoms with E-state index in [1.54, 1.807) is 17.0 Å². The van der Waals surface area contributed by atoms with Crippen molar-refractivity contribution in [1.82, 2.24) is 10.2 Å². The van der Waals surface area contributed by atoms with Crippen LogP contribution in [-0.4, -0.2) is 28.6 Å². The summed E-state index contributed by atoms with van der Waals surface area (Å²) in [5, 5.41) is 13.3. The first-order valence-electron chi connectivity index (χ1n) is 8.48. The minimum absolute atomic E-state index is 0.155. The van der Waals surface area contributed by atoms with E-state index in [0.717, 1.165) is 29.9 Å². The number of halogens is 1. The first kappa shape index (κ1) is 17.5. The molecule has 1 aromatic carbocycles. The molecule has 1 saturated carbocycles. The standard InChI is InChI=1S/C19H23FN2O3/c1-12-9-15(13(2)25-12)10-21-19(24)22(17-7-8-17)11-18(23)14-3-5-16(20)6-4-14/h3-6,9,17-18,23H,7-8,10-11H2,1-2H3,(H,21,24). The maximum absolute atomic E-state index is 13.0. The smallest absolute Gasteiger partial charge is 0.318 e. The lowest BCUT2D eigenvalue weighted by Crippen LogP contribution is -2.43. The van der Waals surface area contributed by atoms with Crippen LogP contribution in [0.4, 0.5) is 9.18 Å². The molecule has 1 aliphatic carbocycles. The lowest BCUT2D eigenvalue weighted by Gasteiger charge is -2.25. The predicted octanol–water partition coefficient (Wildman–Crippen LogP) is 3.44. The molecule has 1 aliphatic rings. The third-order valence-electron chi connectivity index (χ3n) is 4.45. The third-order valence-corrected chi connectivity index (χ3v) is 4.45. The molecule has 0 bridgehead atoms. The van der Waals surface area contributed by atoms with Gasteiger partial charge in [-0.15, -0.1) is 0 Å². The summed E-state index contributed by atoms with van der Waals surface area (Å²) >= 11 is 0. The van der Waals surface area contributed by atoms with E-state index in [2.05, 4.69) is 5.32 Å². The molecule has 2 aromatic rings. The highest BCUT2D eigenvalue weighted by molar-refractivity contribution is 5.75. The van der Waals surface area contributed by atoms with Crippen molar-refractivity contribution in [3.05, 3.63) is 58.8 Å². The Morgan fingerprint density at radius 2 is 2.04 bits per heavy atom. The van der Waals surface area contributed by atoms with Gasteiger partial charge in [0.15, 0.2) is 0 Å². The van der Waals surface area contributed by atoms with Crippen LogP contribution in [0.25, 0.3) is 0 Å². The van der Waals surface area contributed by atoms with E-state index < -0.39 is 6.10 Å². The van der Waals surface area contributed by atoms with Gasteiger partial charge in [0.2, 0.25) is 0 Å². The SMILES string of the molecule is Cc1cc(CNC(=O)N(CC(O)c2ccc(F)cc2)C2CC2)c(C)o1. The van der Waals surface area contributed by atoms with Crippen LogP contribution in [0.15, 0.2) is 34.7 Å². The second-order valence-electron chi connectivity index (χ2n) is 6.55. The van der Waals surface area contributed by atoms with Crippen molar-refractivity contribution in [2.75, 3.05) is 6.54 Å². The van der Waals surface area contributed by atoms with E-state index in [0.29, 0.717) is 12.1 Å². The van der Waals surface area contributed by atoms with Crippen LogP contribution >= 0.6 is 0 Å². The topological polar surface area (TPSA) is 65.7 Å². The molecule has 1 atom stereocenters. The molecule has 0 spiro atoms. The van der Waals surface area contributed by atoms with Crippen molar-refractivity contribution in [1.29, 1.82) is 0 Å². The summed E-state index contributed by atoms with van der Waals surface area (Å²) in [6, 6.07) is 7.56. The number of hydrogen-bond donors (Lipinski definition) is 2. The molecule has 5 nitrogen and oxygen atoms in total. The molecule has 25 heavy (non-hydrogen) atoms. The summed E-state index contributed by atoms with van der Waals surface area (Å²) in [4.78, 5) is 14.2. The van der Waals surface area contributed by atoms with E-state index in [-0.39, 0.29) is 24.4 Å². The summed E-state index contributed by atoms with van der Waals surface area (Å²) in [5.74, 6) is 1.26. The second-order valence-corrected chi connectivity index (χ2v) is 6.55. The molecule has 0 radical (unpaired) electrons. The Bertz CT molecular complexity index is 738. The number of aliphatic hydroxyl groups excluding tert-OH is 1. The number of aliphatic hydroxyl groups is 1. The lowest BCUT2D eigenvalue weighted by molar-refractivity contribution is 0.117. The van der Waals surface area contributed by atoms with Gasteiger partial charge in [0.25, 0.3) is 0 Å². The van der Waals surface area contributed by atoms with Gasteiger partial charge in [0.05, 0.1) is 12.6 Å². The van der Waals surface area contributed by atoms with E-state index in [1.807, 2.05) is 19.9 Å². The zero-order valence-electron chi connectivity index (χ0n) is 14.5. The largest absolute Gasteiger partial charge is 0.466 e. The zero-order valence-corrected chi connectivity index (χ0v) is 14.5. The highest BCUT2D eigenvalue weighted by atomic mass is 19.1. The fraction of sp³-hybridized carbons (Fsp3) is 0.421. The van der Waals surface area contributed by atoms with Gasteiger partial charge in [-0.3, -0.25) is 0 Å². The maximum atomic E-state index is 13.0. The van der Waals surface area contributed by atoms with Gasteiger partial charge in [0, 0.05) is 18.2 Å². The van der Waals surface area contributed by atoms with Gasteiger partial charge in [0.1, 0.15) is 17.3 Å². The Labute approximate surface area is 146 Å². The van der Waals surface area contributed by atoms with E-state index >= 15 is 0 Å². The first-order valence-corrected chi connectivity index (χ1v) is 8.48. The van der Waals surface area contributed by atoms with Gasteiger partial charge in [-0.2, -0.15) is 0 Å². The van der Waals surface area contributed by atoms with Crippen LogP contribution in [0.5, 0.6) is 0 Å². The van der Waals surface area contributed by atoms with E-state index in [1.165, 1.54) is 12.1 Å². The second kappa shape index (κ2) is 7.27. The van der Waals surface area contributed by atoms with Gasteiger partial charge < -0.3 is 19.7 Å². The molecule has 134 valence electrons. The van der Waals surface area contributed by atoms with Crippen molar-refractivity contribution in [2.45, 2.75) is 45.4 Å². The molecule has 1 aromatic heterocycles. The van der Waals surface area contributed by atoms with Crippen molar-refractivity contribution in [3.8, 4) is 0 Å². The van der Waals surface area contributed by atoms with Crippen molar-refractivity contribution >= 4 is 6.03 Å². The summed E-state index contributed by atoms with van der Waals surface area (Å²) in [7, 11) is 0. The number of aryl methyl sites for hydroxylation is 2. The van der Waals surface area contributed by atoms with Gasteiger partial charge in [-0.05, 0) is 50.5 Å². The summed E-state index contributed by atoms with van der Waals surface area (Å²) < 4.78 is 18.5. The monoisotopic (exact) mass is 346 g/mol. The number of hydrogen-bond acceptors (Lipinski definition) is 3. The summed E-state index contributed by atoms with van der Waals surface area (Å²) in [6.45, 7) is 4.31. The Hall–Kier alpha value is -2.34. The van der Waals surface area contributed by atoms with Crippen LogP contribution < -0.4 is 5.32 Å². The average molecular weight is 346 g/mol. The summed E-state index contributed by atoms with van der Waals surface area (Å²) in [5.41, 5.74) is 1.54. The molecule has 0 saturated heterocycles. The number of benzene rings is 1. The van der Waals surface area contributed by atoms with Crippen molar-refractivity contribution in [2.24, 2.45) is 0 Å². The Kier molecular flexibility index (Phi) is 5.08. The number of rotatable bonds is 6. The minimum Gasteiger partial charge on any atom is -0.466 e. The molecule has 1 heterocycles. The van der Waals surface area contributed by atoms with E-state index in [9.17, 15) is 14.3 Å². The fourth-order valence-electron chi connectivity index (χ4n) is 2.89. The number of carbonyl (C=O) groups excluding carboxylic acids is 1. The van der Waals surface area contributed by atoms with Gasteiger partial charge >= 0.3 is 6.03 Å². The Balaban J connectivity index is 1.61. The quantitative estimate of drug-likeness (QED) is 0.842. The fourth-order valence-corrected chi connectivity index (χ4v) is 2.89. The summed E-state index contributed by atoms with van der Waals surface area (Å²) in [6.07, 6.45) is 1.03. The average Bonchev–Trinajstić information content (AvgIpc) is 3.36. The Morgan fingerprint density at radius 3 is 2.60 bits per heavy atom. The van der Waals surface area contributed by atoms with E-state index in [4.69, 9.17) is 4.42 Å². The van der Waals surface area contributed by atoms with Crippen LogP contribution in [0.3, 0.4) is 0 Å². The number of nitrogens with one attached hydrogen (secondary N) is 1. The highest BCUT2D eigenvalue weighted by Gasteiger charge is 2.34. The Morgan fingerprint density at radius 1 is 1.36 bits per heavy atom. The molecule has 1 unspecified atom stereocenters. The van der Waals surface area contributed by atoms with Crippen molar-refractivity contribution < 1.29 is 18.7 Å². The van der Waals surface area contributed by atoms with Crippen LogP contribution in [0.2, 0.25) is 0 Å². The van der Waals surface area contributed by atoms with Crippen LogP contribution in [0.1, 0.15) is 41.6 Å². The molecular formula is C19H23FN2O3. The highest BCUT2D eigenvalue weighted by Crippen LogP contribution is 2.29. The molecular weight excluding hydrogens is 323 g/mol.